The highest BCUT2D eigenvalue weighted by Crippen LogP contribution is 2.17. The summed E-state index contributed by atoms with van der Waals surface area (Å²) in [5.74, 6) is 0.832. The van der Waals surface area contributed by atoms with Crippen LogP contribution in [0.2, 0.25) is 0 Å². The third-order valence-electron chi connectivity index (χ3n) is 4.09. The highest BCUT2D eigenvalue weighted by molar-refractivity contribution is 7.11. The van der Waals surface area contributed by atoms with Crippen LogP contribution in [0.3, 0.4) is 0 Å². The van der Waals surface area contributed by atoms with Crippen LogP contribution in [0.15, 0.2) is 47.7 Å². The molecule has 0 bridgehead atoms. The van der Waals surface area contributed by atoms with E-state index >= 15 is 0 Å². The third kappa shape index (κ3) is 5.40. The number of thiazole rings is 1. The zero-order valence-electron chi connectivity index (χ0n) is 16.1. The fraction of sp³-hybridized carbons (Fsp3) is 0.350. The maximum absolute atomic E-state index is 4.69. The van der Waals surface area contributed by atoms with Gasteiger partial charge in [-0.1, -0.05) is 18.2 Å². The summed E-state index contributed by atoms with van der Waals surface area (Å²) in [6, 6.07) is 10.1. The number of aromatic nitrogens is 3. The van der Waals surface area contributed by atoms with Gasteiger partial charge in [0.25, 0.3) is 0 Å². The van der Waals surface area contributed by atoms with Crippen LogP contribution in [0, 0.1) is 13.8 Å². The van der Waals surface area contributed by atoms with Crippen LogP contribution in [0.4, 0.5) is 0 Å². The molecule has 6 nitrogen and oxygen atoms in total. The van der Waals surface area contributed by atoms with Crippen molar-refractivity contribution in [2.75, 3.05) is 13.1 Å². The fourth-order valence-corrected chi connectivity index (χ4v) is 3.61. The van der Waals surface area contributed by atoms with Gasteiger partial charge in [-0.3, -0.25) is 0 Å². The molecule has 0 radical (unpaired) electrons. The minimum atomic E-state index is 0.651. The number of para-hydroxylation sites is 1. The number of benzene rings is 1. The lowest BCUT2D eigenvalue weighted by Crippen LogP contribution is -2.38. The van der Waals surface area contributed by atoms with Crippen molar-refractivity contribution in [1.82, 2.24) is 25.4 Å². The van der Waals surface area contributed by atoms with E-state index in [1.54, 1.807) is 11.3 Å². The van der Waals surface area contributed by atoms with Crippen molar-refractivity contribution in [2.24, 2.45) is 4.99 Å². The van der Waals surface area contributed by atoms with Crippen LogP contribution < -0.4 is 10.6 Å². The molecule has 1 aromatic carbocycles. The van der Waals surface area contributed by atoms with Crippen molar-refractivity contribution in [3.05, 3.63) is 63.9 Å². The van der Waals surface area contributed by atoms with Gasteiger partial charge in [-0.15, -0.1) is 11.3 Å². The van der Waals surface area contributed by atoms with E-state index in [2.05, 4.69) is 38.8 Å². The number of aliphatic imine (C=N–C) groups is 1. The van der Waals surface area contributed by atoms with Gasteiger partial charge in [-0.2, -0.15) is 5.10 Å². The molecule has 0 aliphatic rings. The molecule has 3 rings (SSSR count). The van der Waals surface area contributed by atoms with Crippen LogP contribution in [0.25, 0.3) is 5.69 Å². The molecule has 2 heterocycles. The molecule has 7 heteroatoms. The van der Waals surface area contributed by atoms with Crippen molar-refractivity contribution in [3.63, 3.8) is 0 Å². The standard InChI is InChI=1S/C20H26N6S/c1-4-21-20(23-13-19-15(2)25-16(3)27-19)22-11-10-17-12-24-26(14-17)18-8-6-5-7-9-18/h5-9,12,14H,4,10-11,13H2,1-3H3,(H2,21,22,23). The molecule has 0 fully saturated rings. The van der Waals surface area contributed by atoms with E-state index in [1.165, 1.54) is 10.4 Å². The smallest absolute Gasteiger partial charge is 0.191 e. The molecular weight excluding hydrogens is 356 g/mol. The first-order valence-electron chi connectivity index (χ1n) is 9.19. The van der Waals surface area contributed by atoms with E-state index in [4.69, 9.17) is 0 Å². The lowest BCUT2D eigenvalue weighted by Gasteiger charge is -2.10. The van der Waals surface area contributed by atoms with Crippen molar-refractivity contribution in [2.45, 2.75) is 33.7 Å². The molecule has 0 atom stereocenters. The molecule has 0 aliphatic carbocycles. The van der Waals surface area contributed by atoms with Crippen molar-refractivity contribution < 1.29 is 0 Å². The number of guanidine groups is 1. The Balaban J connectivity index is 1.54. The summed E-state index contributed by atoms with van der Waals surface area (Å²) < 4.78 is 1.91. The predicted molar refractivity (Wildman–Crippen MR) is 112 cm³/mol. The van der Waals surface area contributed by atoms with E-state index < -0.39 is 0 Å². The Hall–Kier alpha value is -2.67. The molecule has 2 N–H and O–H groups in total. The maximum atomic E-state index is 4.69. The van der Waals surface area contributed by atoms with E-state index in [9.17, 15) is 0 Å². The van der Waals surface area contributed by atoms with Gasteiger partial charge >= 0.3 is 0 Å². The monoisotopic (exact) mass is 382 g/mol. The van der Waals surface area contributed by atoms with Gasteiger partial charge in [-0.25, -0.2) is 14.7 Å². The summed E-state index contributed by atoms with van der Waals surface area (Å²) in [4.78, 5) is 10.4. The van der Waals surface area contributed by atoms with Crippen LogP contribution in [-0.2, 0) is 13.0 Å². The second-order valence-corrected chi connectivity index (χ2v) is 7.53. The average Bonchev–Trinajstić information content (AvgIpc) is 3.26. The first-order chi connectivity index (χ1) is 13.2. The van der Waals surface area contributed by atoms with Gasteiger partial charge < -0.3 is 10.6 Å². The molecule has 3 aromatic rings. The lowest BCUT2D eigenvalue weighted by molar-refractivity contribution is 0.799. The first-order valence-corrected chi connectivity index (χ1v) is 10.0. The van der Waals surface area contributed by atoms with E-state index in [-0.39, 0.29) is 0 Å². The van der Waals surface area contributed by atoms with E-state index in [0.717, 1.165) is 41.9 Å². The van der Waals surface area contributed by atoms with Gasteiger partial charge in [0, 0.05) is 24.2 Å². The van der Waals surface area contributed by atoms with Crippen LogP contribution in [0.5, 0.6) is 0 Å². The van der Waals surface area contributed by atoms with Crippen molar-refractivity contribution in [3.8, 4) is 5.69 Å². The zero-order valence-corrected chi connectivity index (χ0v) is 16.9. The Morgan fingerprint density at radius 3 is 2.70 bits per heavy atom. The lowest BCUT2D eigenvalue weighted by atomic mass is 10.2. The third-order valence-corrected chi connectivity index (χ3v) is 5.15. The summed E-state index contributed by atoms with van der Waals surface area (Å²) in [7, 11) is 0. The normalized spacial score (nSPS) is 11.6. The molecule has 2 aromatic heterocycles. The Bertz CT molecular complexity index is 881. The van der Waals surface area contributed by atoms with Gasteiger partial charge in [0.05, 0.1) is 29.1 Å². The zero-order chi connectivity index (χ0) is 19.1. The first kappa shape index (κ1) is 19.1. The van der Waals surface area contributed by atoms with Crippen molar-refractivity contribution >= 4 is 17.3 Å². The quantitative estimate of drug-likeness (QED) is 0.486. The predicted octanol–water partition coefficient (Wildman–Crippen LogP) is 3.24. The highest BCUT2D eigenvalue weighted by atomic mass is 32.1. The molecule has 142 valence electrons. The summed E-state index contributed by atoms with van der Waals surface area (Å²) in [6.45, 7) is 8.43. The molecule has 0 saturated carbocycles. The molecule has 0 saturated heterocycles. The summed E-state index contributed by atoms with van der Waals surface area (Å²) in [5.41, 5.74) is 3.34. The molecular formula is C20H26N6S. The minimum absolute atomic E-state index is 0.651. The molecule has 27 heavy (non-hydrogen) atoms. The number of hydrogen-bond acceptors (Lipinski definition) is 4. The summed E-state index contributed by atoms with van der Waals surface area (Å²) in [5, 5.41) is 12.2. The second kappa shape index (κ2) is 9.32. The van der Waals surface area contributed by atoms with Gasteiger partial charge in [-0.05, 0) is 44.9 Å². The second-order valence-electron chi connectivity index (χ2n) is 6.24. The Kier molecular flexibility index (Phi) is 6.59. The topological polar surface area (TPSA) is 67.1 Å². The van der Waals surface area contributed by atoms with Crippen LogP contribution >= 0.6 is 11.3 Å². The number of nitrogens with zero attached hydrogens (tertiary/aromatic N) is 4. The maximum Gasteiger partial charge on any atom is 0.191 e. The van der Waals surface area contributed by atoms with Gasteiger partial charge in [0.2, 0.25) is 0 Å². The SMILES string of the molecule is CCNC(=NCc1sc(C)nc1C)NCCc1cnn(-c2ccccc2)c1. The number of rotatable bonds is 7. The minimum Gasteiger partial charge on any atom is -0.357 e. The number of nitrogens with one attached hydrogen (secondary N) is 2. The Morgan fingerprint density at radius 1 is 1.19 bits per heavy atom. The van der Waals surface area contributed by atoms with Crippen LogP contribution in [-0.4, -0.2) is 33.8 Å². The Labute approximate surface area is 164 Å². The molecule has 0 aliphatic heterocycles. The van der Waals surface area contributed by atoms with E-state index in [0.29, 0.717) is 6.54 Å². The molecule has 0 amide bonds. The summed E-state index contributed by atoms with van der Waals surface area (Å²) in [6.07, 6.45) is 4.88. The Morgan fingerprint density at radius 2 is 2.00 bits per heavy atom. The average molecular weight is 383 g/mol. The highest BCUT2D eigenvalue weighted by Gasteiger charge is 2.05. The number of aryl methyl sites for hydroxylation is 2. The largest absolute Gasteiger partial charge is 0.357 e. The molecule has 0 spiro atoms. The molecule has 0 unspecified atom stereocenters. The van der Waals surface area contributed by atoms with E-state index in [1.807, 2.05) is 55.1 Å². The fourth-order valence-electron chi connectivity index (χ4n) is 2.75. The van der Waals surface area contributed by atoms with Gasteiger partial charge in [0.15, 0.2) is 5.96 Å². The van der Waals surface area contributed by atoms with Gasteiger partial charge in [0.1, 0.15) is 0 Å². The number of hydrogen-bond donors (Lipinski definition) is 2. The summed E-state index contributed by atoms with van der Waals surface area (Å²) >= 11 is 1.71. The van der Waals surface area contributed by atoms with Crippen LogP contribution in [0.1, 0.15) is 28.1 Å². The van der Waals surface area contributed by atoms with Crippen molar-refractivity contribution in [1.29, 1.82) is 0 Å².